The van der Waals surface area contributed by atoms with Crippen LogP contribution in [-0.2, 0) is 6.42 Å². The van der Waals surface area contributed by atoms with E-state index < -0.39 is 0 Å². The summed E-state index contributed by atoms with van der Waals surface area (Å²) < 4.78 is 22.2. The monoisotopic (exact) mass is 381 g/mol. The number of rotatable bonds is 5. The molecule has 1 atom stereocenters. The molecule has 0 spiro atoms. The highest BCUT2D eigenvalue weighted by molar-refractivity contribution is 5.81. The van der Waals surface area contributed by atoms with Crippen LogP contribution in [-0.4, -0.2) is 27.4 Å². The van der Waals surface area contributed by atoms with Gasteiger partial charge in [0.25, 0.3) is 0 Å². The van der Waals surface area contributed by atoms with Gasteiger partial charge in [-0.3, -0.25) is 0 Å². The van der Waals surface area contributed by atoms with Crippen LogP contribution in [0.1, 0.15) is 22.7 Å². The summed E-state index contributed by atoms with van der Waals surface area (Å²) in [7, 11) is 3.28. The van der Waals surface area contributed by atoms with Gasteiger partial charge in [-0.15, -0.1) is 0 Å². The molecule has 0 bridgehead atoms. The SMILES string of the molecule is COc1cc2c(cc1OC)[C@@H](COc1ccc3c(C)cc(=O)oc3c1)NCC2. The molecule has 1 N–H and O–H groups in total. The lowest BCUT2D eigenvalue weighted by Crippen LogP contribution is -2.33. The Bertz CT molecular complexity index is 1070. The van der Waals surface area contributed by atoms with Crippen LogP contribution in [0.2, 0.25) is 0 Å². The van der Waals surface area contributed by atoms with Crippen molar-refractivity contribution < 1.29 is 18.6 Å². The molecule has 0 saturated heterocycles. The fourth-order valence-corrected chi connectivity index (χ4v) is 3.69. The van der Waals surface area contributed by atoms with Crippen LogP contribution >= 0.6 is 0 Å². The number of hydrogen-bond acceptors (Lipinski definition) is 6. The molecule has 1 aliphatic rings. The zero-order chi connectivity index (χ0) is 19.7. The van der Waals surface area contributed by atoms with Gasteiger partial charge in [-0.05, 0) is 60.8 Å². The first kappa shape index (κ1) is 18.4. The van der Waals surface area contributed by atoms with Crippen molar-refractivity contribution in [2.24, 2.45) is 0 Å². The second-order valence-corrected chi connectivity index (χ2v) is 6.88. The highest BCUT2D eigenvalue weighted by Crippen LogP contribution is 2.35. The molecule has 6 heteroatoms. The van der Waals surface area contributed by atoms with Crippen molar-refractivity contribution in [3.05, 3.63) is 63.5 Å². The topological polar surface area (TPSA) is 69.9 Å². The molecule has 1 aromatic heterocycles. The Kier molecular flexibility index (Phi) is 4.96. The van der Waals surface area contributed by atoms with E-state index >= 15 is 0 Å². The van der Waals surface area contributed by atoms with Gasteiger partial charge in [-0.1, -0.05) is 0 Å². The van der Waals surface area contributed by atoms with Crippen molar-refractivity contribution in [3.63, 3.8) is 0 Å². The summed E-state index contributed by atoms with van der Waals surface area (Å²) in [6.07, 6.45) is 0.923. The van der Waals surface area contributed by atoms with Crippen molar-refractivity contribution in [1.82, 2.24) is 5.32 Å². The lowest BCUT2D eigenvalue weighted by Gasteiger charge is -2.28. The van der Waals surface area contributed by atoms with Crippen molar-refractivity contribution in [2.75, 3.05) is 27.4 Å². The number of fused-ring (bicyclic) bond motifs is 2. The van der Waals surface area contributed by atoms with Gasteiger partial charge in [-0.25, -0.2) is 4.79 Å². The molecule has 0 amide bonds. The molecule has 146 valence electrons. The van der Waals surface area contributed by atoms with Gasteiger partial charge >= 0.3 is 5.63 Å². The molecule has 0 radical (unpaired) electrons. The minimum absolute atomic E-state index is 0.0313. The molecule has 0 unspecified atom stereocenters. The molecule has 6 nitrogen and oxygen atoms in total. The van der Waals surface area contributed by atoms with E-state index in [1.807, 2.05) is 31.2 Å². The average Bonchev–Trinajstić information content (AvgIpc) is 2.70. The third-order valence-corrected chi connectivity index (χ3v) is 5.15. The Balaban J connectivity index is 1.58. The zero-order valence-corrected chi connectivity index (χ0v) is 16.2. The number of nitrogens with one attached hydrogen (secondary N) is 1. The lowest BCUT2D eigenvalue weighted by atomic mass is 9.94. The molecule has 0 saturated carbocycles. The van der Waals surface area contributed by atoms with Crippen LogP contribution in [0.5, 0.6) is 17.2 Å². The average molecular weight is 381 g/mol. The molecule has 2 aromatic carbocycles. The maximum atomic E-state index is 11.6. The van der Waals surface area contributed by atoms with Gasteiger partial charge in [0, 0.05) is 17.5 Å². The maximum Gasteiger partial charge on any atom is 0.336 e. The maximum absolute atomic E-state index is 11.6. The molecule has 2 heterocycles. The number of aryl methyl sites for hydroxylation is 1. The summed E-state index contributed by atoms with van der Waals surface area (Å²) in [6.45, 7) is 3.21. The van der Waals surface area contributed by atoms with Gasteiger partial charge in [-0.2, -0.15) is 0 Å². The van der Waals surface area contributed by atoms with E-state index in [2.05, 4.69) is 5.32 Å². The lowest BCUT2D eigenvalue weighted by molar-refractivity contribution is 0.260. The summed E-state index contributed by atoms with van der Waals surface area (Å²) >= 11 is 0. The van der Waals surface area contributed by atoms with E-state index in [0.29, 0.717) is 23.7 Å². The van der Waals surface area contributed by atoms with Crippen molar-refractivity contribution in [3.8, 4) is 17.2 Å². The number of hydrogen-bond donors (Lipinski definition) is 1. The molecular formula is C22H23NO5. The Morgan fingerprint density at radius 3 is 2.68 bits per heavy atom. The van der Waals surface area contributed by atoms with Crippen molar-refractivity contribution in [2.45, 2.75) is 19.4 Å². The van der Waals surface area contributed by atoms with Crippen molar-refractivity contribution >= 4 is 11.0 Å². The van der Waals surface area contributed by atoms with Gasteiger partial charge in [0.1, 0.15) is 17.9 Å². The van der Waals surface area contributed by atoms with Crippen LogP contribution in [0.25, 0.3) is 11.0 Å². The summed E-state index contributed by atoms with van der Waals surface area (Å²) in [5.74, 6) is 2.11. The van der Waals surface area contributed by atoms with Crippen LogP contribution in [0.4, 0.5) is 0 Å². The number of methoxy groups -OCH3 is 2. The molecule has 3 aromatic rings. The summed E-state index contributed by atoms with van der Waals surface area (Å²) in [6, 6.07) is 11.2. The zero-order valence-electron chi connectivity index (χ0n) is 16.2. The Morgan fingerprint density at radius 1 is 1.11 bits per heavy atom. The predicted molar refractivity (Wildman–Crippen MR) is 107 cm³/mol. The first-order chi connectivity index (χ1) is 13.6. The highest BCUT2D eigenvalue weighted by atomic mass is 16.5. The third-order valence-electron chi connectivity index (χ3n) is 5.15. The Labute approximate surface area is 163 Å². The number of benzene rings is 2. The molecule has 0 aliphatic carbocycles. The van der Waals surface area contributed by atoms with E-state index in [4.69, 9.17) is 18.6 Å². The summed E-state index contributed by atoms with van der Waals surface area (Å²) in [4.78, 5) is 11.6. The fraction of sp³-hybridized carbons (Fsp3) is 0.318. The van der Waals surface area contributed by atoms with E-state index in [9.17, 15) is 4.79 Å². The van der Waals surface area contributed by atoms with Crippen LogP contribution in [0.3, 0.4) is 0 Å². The van der Waals surface area contributed by atoms with Gasteiger partial charge in [0.05, 0.1) is 20.3 Å². The number of ether oxygens (including phenoxy) is 3. The first-order valence-corrected chi connectivity index (χ1v) is 9.24. The predicted octanol–water partition coefficient (Wildman–Crippen LogP) is 3.38. The largest absolute Gasteiger partial charge is 0.493 e. The quantitative estimate of drug-likeness (QED) is 0.683. The molecule has 1 aliphatic heterocycles. The second kappa shape index (κ2) is 7.56. The minimum atomic E-state index is -0.355. The Hall–Kier alpha value is -2.99. The van der Waals surface area contributed by atoms with Gasteiger partial charge in [0.2, 0.25) is 0 Å². The van der Waals surface area contributed by atoms with E-state index in [-0.39, 0.29) is 11.7 Å². The molecular weight excluding hydrogens is 358 g/mol. The van der Waals surface area contributed by atoms with E-state index in [0.717, 1.165) is 35.2 Å². The smallest absolute Gasteiger partial charge is 0.336 e. The van der Waals surface area contributed by atoms with E-state index in [1.165, 1.54) is 11.6 Å². The normalized spacial score (nSPS) is 15.9. The van der Waals surface area contributed by atoms with Gasteiger partial charge in [0.15, 0.2) is 11.5 Å². The molecule has 28 heavy (non-hydrogen) atoms. The van der Waals surface area contributed by atoms with Crippen molar-refractivity contribution in [1.29, 1.82) is 0 Å². The minimum Gasteiger partial charge on any atom is -0.493 e. The van der Waals surface area contributed by atoms with Crippen LogP contribution in [0.15, 0.2) is 45.6 Å². The van der Waals surface area contributed by atoms with E-state index in [1.54, 1.807) is 20.3 Å². The van der Waals surface area contributed by atoms with Crippen LogP contribution in [0, 0.1) is 6.92 Å². The Morgan fingerprint density at radius 2 is 1.89 bits per heavy atom. The molecule has 0 fully saturated rings. The summed E-state index contributed by atoms with van der Waals surface area (Å²) in [5, 5.41) is 4.40. The fourth-order valence-electron chi connectivity index (χ4n) is 3.69. The standard InChI is InChI=1S/C22H23NO5/c1-13-8-22(24)28-19-10-15(4-5-16(13)19)27-12-18-17-11-21(26-3)20(25-2)9-14(17)6-7-23-18/h4-5,8-11,18,23H,6-7,12H2,1-3H3/t18-/m1/s1. The second-order valence-electron chi connectivity index (χ2n) is 6.88. The summed E-state index contributed by atoms with van der Waals surface area (Å²) in [5.41, 5.74) is 3.44. The van der Waals surface area contributed by atoms with Gasteiger partial charge < -0.3 is 23.9 Å². The third kappa shape index (κ3) is 3.43. The molecule has 4 rings (SSSR count). The first-order valence-electron chi connectivity index (χ1n) is 9.24. The van der Waals surface area contributed by atoms with Crippen LogP contribution < -0.4 is 25.2 Å². The highest BCUT2D eigenvalue weighted by Gasteiger charge is 2.23.